The number of carbonyl (C=O) groups is 1. The van der Waals surface area contributed by atoms with Crippen LogP contribution in [0.4, 0.5) is 4.39 Å². The Hall–Kier alpha value is -1.40. The molecule has 0 aliphatic heterocycles. The zero-order chi connectivity index (χ0) is 14.7. The van der Waals surface area contributed by atoms with Gasteiger partial charge < -0.3 is 10.5 Å². The van der Waals surface area contributed by atoms with Crippen molar-refractivity contribution in [2.75, 3.05) is 0 Å². The van der Waals surface area contributed by atoms with Crippen molar-refractivity contribution < 1.29 is 13.9 Å². The molecule has 2 N–H and O–H groups in total. The van der Waals surface area contributed by atoms with Crippen molar-refractivity contribution >= 4 is 37.8 Å². The molecule has 1 amide bonds. The zero-order valence-electron chi connectivity index (χ0n) is 10.2. The molecule has 0 aliphatic carbocycles. The van der Waals surface area contributed by atoms with E-state index in [-0.39, 0.29) is 12.4 Å². The van der Waals surface area contributed by atoms with Gasteiger partial charge in [0.15, 0.2) is 0 Å². The molecule has 0 aromatic heterocycles. The molecule has 0 atom stereocenters. The highest BCUT2D eigenvalue weighted by Crippen LogP contribution is 2.35. The van der Waals surface area contributed by atoms with Crippen LogP contribution in [0.3, 0.4) is 0 Å². The Labute approximate surface area is 132 Å². The molecule has 0 radical (unpaired) electrons. The van der Waals surface area contributed by atoms with Gasteiger partial charge in [-0.3, -0.25) is 4.79 Å². The maximum Gasteiger partial charge on any atom is 0.248 e. The number of ether oxygens (including phenoxy) is 1. The summed E-state index contributed by atoms with van der Waals surface area (Å²) in [6.45, 7) is 0.285. The number of hydrogen-bond donors (Lipinski definition) is 1. The molecule has 0 saturated carbocycles. The molecule has 0 heterocycles. The van der Waals surface area contributed by atoms with Crippen molar-refractivity contribution in [1.29, 1.82) is 0 Å². The van der Waals surface area contributed by atoms with Crippen LogP contribution in [0.15, 0.2) is 45.3 Å². The van der Waals surface area contributed by atoms with E-state index in [1.165, 1.54) is 12.1 Å². The summed E-state index contributed by atoms with van der Waals surface area (Å²) in [6.07, 6.45) is 0. The first-order chi connectivity index (χ1) is 9.47. The second-order valence-electron chi connectivity index (χ2n) is 4.05. The van der Waals surface area contributed by atoms with Crippen LogP contribution in [0.1, 0.15) is 15.9 Å². The third kappa shape index (κ3) is 3.58. The average Bonchev–Trinajstić information content (AvgIpc) is 2.39. The van der Waals surface area contributed by atoms with Gasteiger partial charge in [-0.05, 0) is 61.7 Å². The highest BCUT2D eigenvalue weighted by molar-refractivity contribution is 9.11. The number of carbonyl (C=O) groups excluding carboxylic acids is 1. The Balaban J connectivity index is 2.17. The van der Waals surface area contributed by atoms with Crippen molar-refractivity contribution in [1.82, 2.24) is 0 Å². The van der Waals surface area contributed by atoms with Crippen molar-refractivity contribution in [2.45, 2.75) is 6.61 Å². The van der Waals surface area contributed by atoms with Crippen LogP contribution < -0.4 is 10.5 Å². The number of rotatable bonds is 4. The lowest BCUT2D eigenvalue weighted by Gasteiger charge is -2.11. The first kappa shape index (κ1) is 15.0. The molecule has 0 fully saturated rings. The lowest BCUT2D eigenvalue weighted by Crippen LogP contribution is -2.11. The van der Waals surface area contributed by atoms with Crippen LogP contribution in [0.2, 0.25) is 0 Å². The first-order valence-corrected chi connectivity index (χ1v) is 7.22. The molecule has 0 bridgehead atoms. The van der Waals surface area contributed by atoms with Crippen LogP contribution >= 0.6 is 31.9 Å². The fraction of sp³-hybridized carbons (Fsp3) is 0.0714. The van der Waals surface area contributed by atoms with Crippen molar-refractivity contribution in [3.63, 3.8) is 0 Å². The summed E-state index contributed by atoms with van der Waals surface area (Å²) in [6, 6.07) is 9.22. The fourth-order valence-electron chi connectivity index (χ4n) is 1.58. The zero-order valence-corrected chi connectivity index (χ0v) is 13.4. The van der Waals surface area contributed by atoms with E-state index in [1.807, 2.05) is 0 Å². The van der Waals surface area contributed by atoms with Crippen LogP contribution in [0.25, 0.3) is 0 Å². The molecule has 0 spiro atoms. The van der Waals surface area contributed by atoms with E-state index in [2.05, 4.69) is 31.9 Å². The molecule has 2 rings (SSSR count). The molecule has 6 heteroatoms. The van der Waals surface area contributed by atoms with Gasteiger partial charge in [0.05, 0.1) is 8.95 Å². The Morgan fingerprint density at radius 3 is 2.20 bits per heavy atom. The van der Waals surface area contributed by atoms with Gasteiger partial charge in [0.25, 0.3) is 0 Å². The van der Waals surface area contributed by atoms with Crippen molar-refractivity contribution in [2.24, 2.45) is 5.73 Å². The van der Waals surface area contributed by atoms with Gasteiger partial charge in [-0.15, -0.1) is 0 Å². The lowest BCUT2D eigenvalue weighted by atomic mass is 10.2. The van der Waals surface area contributed by atoms with Crippen molar-refractivity contribution in [3.05, 3.63) is 62.3 Å². The van der Waals surface area contributed by atoms with E-state index >= 15 is 0 Å². The summed E-state index contributed by atoms with van der Waals surface area (Å²) in [5.74, 6) is -0.252. The summed E-state index contributed by atoms with van der Waals surface area (Å²) in [5, 5.41) is 0. The average molecular weight is 403 g/mol. The Morgan fingerprint density at radius 1 is 1.15 bits per heavy atom. The molecule has 0 saturated heterocycles. The second kappa shape index (κ2) is 6.37. The third-order valence-corrected chi connectivity index (χ3v) is 3.76. The highest BCUT2D eigenvalue weighted by Gasteiger charge is 2.12. The summed E-state index contributed by atoms with van der Waals surface area (Å²) < 4.78 is 19.7. The van der Waals surface area contributed by atoms with E-state index in [0.29, 0.717) is 20.3 Å². The van der Waals surface area contributed by atoms with Crippen LogP contribution in [0, 0.1) is 5.82 Å². The summed E-state index contributed by atoms with van der Waals surface area (Å²) in [7, 11) is 0. The van der Waals surface area contributed by atoms with E-state index < -0.39 is 5.91 Å². The van der Waals surface area contributed by atoms with E-state index in [1.54, 1.807) is 24.3 Å². The maximum atomic E-state index is 12.8. The summed E-state index contributed by atoms with van der Waals surface area (Å²) in [5.41, 5.74) is 6.43. The normalized spacial score (nSPS) is 10.3. The monoisotopic (exact) mass is 401 g/mol. The number of amides is 1. The molecule has 2 aromatic rings. The van der Waals surface area contributed by atoms with E-state index in [9.17, 15) is 9.18 Å². The number of benzene rings is 2. The minimum absolute atomic E-state index is 0.285. The number of nitrogens with two attached hydrogens (primary N) is 1. The smallest absolute Gasteiger partial charge is 0.248 e. The topological polar surface area (TPSA) is 52.3 Å². The molecule has 2 aromatic carbocycles. The molecule has 0 unspecified atom stereocenters. The van der Waals surface area contributed by atoms with Gasteiger partial charge in [-0.25, -0.2) is 4.39 Å². The molecule has 104 valence electrons. The van der Waals surface area contributed by atoms with Crippen molar-refractivity contribution in [3.8, 4) is 5.75 Å². The van der Waals surface area contributed by atoms with Gasteiger partial charge in [0.2, 0.25) is 5.91 Å². The predicted octanol–water partition coefficient (Wildman–Crippen LogP) is 4.03. The minimum Gasteiger partial charge on any atom is -0.487 e. The Kier molecular flexibility index (Phi) is 4.77. The van der Waals surface area contributed by atoms with Crippen LogP contribution in [0.5, 0.6) is 5.75 Å². The molecule has 0 aliphatic rings. The molecule has 20 heavy (non-hydrogen) atoms. The lowest BCUT2D eigenvalue weighted by molar-refractivity contribution is 0.1000. The molecule has 3 nitrogen and oxygen atoms in total. The summed E-state index contributed by atoms with van der Waals surface area (Å²) >= 11 is 6.66. The summed E-state index contributed by atoms with van der Waals surface area (Å²) in [4.78, 5) is 11.1. The quantitative estimate of drug-likeness (QED) is 0.839. The van der Waals surface area contributed by atoms with Crippen LogP contribution in [-0.2, 0) is 6.61 Å². The fourth-order valence-corrected chi connectivity index (χ4v) is 2.99. The minimum atomic E-state index is -0.517. The van der Waals surface area contributed by atoms with E-state index in [0.717, 1.165) is 5.56 Å². The number of hydrogen-bond acceptors (Lipinski definition) is 2. The van der Waals surface area contributed by atoms with Gasteiger partial charge in [0, 0.05) is 5.56 Å². The SMILES string of the molecule is NC(=O)c1cc(Br)c(OCc2ccc(F)cc2)c(Br)c1. The van der Waals surface area contributed by atoms with Gasteiger partial charge >= 0.3 is 0 Å². The van der Waals surface area contributed by atoms with Gasteiger partial charge in [-0.1, -0.05) is 12.1 Å². The Bertz CT molecular complexity index is 621. The molecular weight excluding hydrogens is 393 g/mol. The molecular formula is C14H10Br2FNO2. The van der Waals surface area contributed by atoms with Crippen LogP contribution in [-0.4, -0.2) is 5.91 Å². The number of halogens is 3. The third-order valence-electron chi connectivity index (χ3n) is 2.58. The van der Waals surface area contributed by atoms with E-state index in [4.69, 9.17) is 10.5 Å². The van der Waals surface area contributed by atoms with Gasteiger partial charge in [-0.2, -0.15) is 0 Å². The number of primary amides is 1. The largest absolute Gasteiger partial charge is 0.487 e. The van der Waals surface area contributed by atoms with Gasteiger partial charge in [0.1, 0.15) is 18.2 Å². The second-order valence-corrected chi connectivity index (χ2v) is 5.76. The first-order valence-electron chi connectivity index (χ1n) is 5.63. The predicted molar refractivity (Wildman–Crippen MR) is 81.1 cm³/mol. The maximum absolute atomic E-state index is 12.8. The Morgan fingerprint density at radius 2 is 1.70 bits per heavy atom. The standard InChI is InChI=1S/C14H10Br2FNO2/c15-11-5-9(14(18)19)6-12(16)13(11)20-7-8-1-3-10(17)4-2-8/h1-6H,7H2,(H2,18,19). The highest BCUT2D eigenvalue weighted by atomic mass is 79.9.